The number of nitrogens with one attached hydrogen (secondary N) is 1. The summed E-state index contributed by atoms with van der Waals surface area (Å²) in [5, 5.41) is 13.1. The maximum Gasteiger partial charge on any atom is 0.264 e. The number of nitrogens with zero attached hydrogens (tertiary/aromatic N) is 2. The monoisotopic (exact) mass is 391 g/mol. The van der Waals surface area contributed by atoms with Crippen LogP contribution < -0.4 is 5.48 Å². The zero-order valence-corrected chi connectivity index (χ0v) is 15.9. The van der Waals surface area contributed by atoms with Gasteiger partial charge in [-0.15, -0.1) is 0 Å². The average molecular weight is 391 g/mol. The second-order valence-corrected chi connectivity index (χ2v) is 9.43. The Morgan fingerprint density at radius 1 is 1.33 bits per heavy atom. The van der Waals surface area contributed by atoms with Crippen molar-refractivity contribution >= 4 is 21.5 Å². The number of hydrogen-bond acceptors (Lipinski definition) is 6. The van der Waals surface area contributed by atoms with Gasteiger partial charge in [0.2, 0.25) is 0 Å². The summed E-state index contributed by atoms with van der Waals surface area (Å²) in [6.07, 6.45) is 5.61. The minimum Gasteiger partial charge on any atom is -0.294 e. The van der Waals surface area contributed by atoms with Crippen molar-refractivity contribution < 1.29 is 23.2 Å². The molecule has 1 aliphatic carbocycles. The minimum absolute atomic E-state index is 0.0436. The van der Waals surface area contributed by atoms with Gasteiger partial charge >= 0.3 is 0 Å². The number of Topliss-reactive ketones (excluding diaryl/α,β-unsaturated/α-hetero) is 1. The number of aromatic nitrogens is 2. The van der Waals surface area contributed by atoms with E-state index in [9.17, 15) is 18.0 Å². The second kappa shape index (κ2) is 6.90. The quantitative estimate of drug-likeness (QED) is 0.567. The van der Waals surface area contributed by atoms with Crippen molar-refractivity contribution in [2.45, 2.75) is 37.5 Å². The molecule has 0 fully saturated rings. The number of carbonyl (C=O) groups excluding carboxylic acids is 2. The number of benzene rings is 1. The standard InChI is InChI=1S/C18H21N3O5S/c1-18(17(23)20-24,27(2,25)26)7-8-21-11-14(10-19-21)12-3-5-15-13(9-12)4-6-16(15)22/h3,5,9-11,24H,4,6-8H2,1-2H3,(H,20,23). The molecule has 0 saturated heterocycles. The van der Waals surface area contributed by atoms with Crippen molar-refractivity contribution in [2.24, 2.45) is 0 Å². The summed E-state index contributed by atoms with van der Waals surface area (Å²) in [7, 11) is -3.75. The number of hydroxylamine groups is 1. The van der Waals surface area contributed by atoms with Crippen molar-refractivity contribution in [3.63, 3.8) is 0 Å². The van der Waals surface area contributed by atoms with Gasteiger partial charge in [0, 0.05) is 36.5 Å². The predicted octanol–water partition coefficient (Wildman–Crippen LogP) is 1.38. The number of ketones is 1. The highest BCUT2D eigenvalue weighted by molar-refractivity contribution is 7.92. The van der Waals surface area contributed by atoms with Crippen molar-refractivity contribution in [3.05, 3.63) is 41.7 Å². The molecule has 3 rings (SSSR count). The van der Waals surface area contributed by atoms with Gasteiger partial charge in [-0.05, 0) is 30.9 Å². The third-order valence-corrected chi connectivity index (χ3v) is 7.24. The van der Waals surface area contributed by atoms with Crippen LogP contribution in [0, 0.1) is 0 Å². The maximum absolute atomic E-state index is 12.0. The van der Waals surface area contributed by atoms with Crippen LogP contribution in [-0.2, 0) is 27.6 Å². The van der Waals surface area contributed by atoms with Gasteiger partial charge in [0.1, 0.15) is 0 Å². The van der Waals surface area contributed by atoms with Crippen LogP contribution in [0.25, 0.3) is 11.1 Å². The molecule has 1 aliphatic rings. The molecule has 0 bridgehead atoms. The smallest absolute Gasteiger partial charge is 0.264 e. The number of hydrogen-bond donors (Lipinski definition) is 2. The fourth-order valence-electron chi connectivity index (χ4n) is 3.18. The summed E-state index contributed by atoms with van der Waals surface area (Å²) in [5.41, 5.74) is 4.99. The zero-order valence-electron chi connectivity index (χ0n) is 15.1. The fraction of sp³-hybridized carbons (Fsp3) is 0.389. The summed E-state index contributed by atoms with van der Waals surface area (Å²) in [4.78, 5) is 23.6. The lowest BCUT2D eigenvalue weighted by molar-refractivity contribution is -0.131. The highest BCUT2D eigenvalue weighted by Gasteiger charge is 2.43. The van der Waals surface area contributed by atoms with Crippen molar-refractivity contribution in [3.8, 4) is 11.1 Å². The summed E-state index contributed by atoms with van der Waals surface area (Å²) in [6.45, 7) is 1.45. The molecule has 8 nitrogen and oxygen atoms in total. The lowest BCUT2D eigenvalue weighted by Crippen LogP contribution is -2.49. The van der Waals surface area contributed by atoms with Gasteiger partial charge in [0.25, 0.3) is 5.91 Å². The van der Waals surface area contributed by atoms with E-state index in [-0.39, 0.29) is 18.7 Å². The molecule has 0 radical (unpaired) electrons. The molecule has 1 heterocycles. The third kappa shape index (κ3) is 3.52. The van der Waals surface area contributed by atoms with Crippen LogP contribution in [0.15, 0.2) is 30.6 Å². The molecule has 1 atom stereocenters. The first-order valence-electron chi connectivity index (χ1n) is 8.49. The molecule has 0 saturated carbocycles. The lowest BCUT2D eigenvalue weighted by Gasteiger charge is -2.24. The van der Waals surface area contributed by atoms with Gasteiger partial charge in [-0.2, -0.15) is 5.10 Å². The third-order valence-electron chi connectivity index (χ3n) is 5.21. The Labute approximate surface area is 157 Å². The molecular weight excluding hydrogens is 370 g/mol. The topological polar surface area (TPSA) is 118 Å². The van der Waals surface area contributed by atoms with E-state index in [1.807, 2.05) is 18.2 Å². The number of aryl methyl sites for hydroxylation is 2. The Balaban J connectivity index is 1.79. The molecule has 144 valence electrons. The predicted molar refractivity (Wildman–Crippen MR) is 98.1 cm³/mol. The van der Waals surface area contributed by atoms with Crippen LogP contribution in [-0.4, -0.2) is 46.1 Å². The first kappa shape index (κ1) is 19.2. The maximum atomic E-state index is 12.0. The summed E-state index contributed by atoms with van der Waals surface area (Å²) in [6, 6.07) is 5.66. The van der Waals surface area contributed by atoms with E-state index in [1.54, 1.807) is 17.1 Å². The minimum atomic E-state index is -3.75. The number of sulfone groups is 1. The van der Waals surface area contributed by atoms with Crippen LogP contribution in [0.2, 0.25) is 0 Å². The Morgan fingerprint density at radius 3 is 2.74 bits per heavy atom. The number of fused-ring (bicyclic) bond motifs is 1. The lowest BCUT2D eigenvalue weighted by atomic mass is 10.0. The molecule has 2 N–H and O–H groups in total. The zero-order chi connectivity index (χ0) is 19.8. The largest absolute Gasteiger partial charge is 0.294 e. The first-order chi connectivity index (χ1) is 12.7. The fourth-order valence-corrected chi connectivity index (χ4v) is 4.03. The van der Waals surface area contributed by atoms with E-state index in [4.69, 9.17) is 5.21 Å². The molecule has 1 aromatic heterocycles. The Bertz CT molecular complexity index is 1010. The van der Waals surface area contributed by atoms with Crippen molar-refractivity contribution in [1.82, 2.24) is 15.3 Å². The summed E-state index contributed by atoms with van der Waals surface area (Å²) in [5.74, 6) is -0.810. The van der Waals surface area contributed by atoms with E-state index in [0.717, 1.165) is 34.9 Å². The van der Waals surface area contributed by atoms with Gasteiger partial charge in [-0.1, -0.05) is 18.2 Å². The molecule has 0 spiro atoms. The second-order valence-electron chi connectivity index (χ2n) is 6.98. The Kier molecular flexibility index (Phi) is 4.92. The molecular formula is C18H21N3O5S. The highest BCUT2D eigenvalue weighted by atomic mass is 32.2. The van der Waals surface area contributed by atoms with E-state index in [2.05, 4.69) is 5.10 Å². The molecule has 27 heavy (non-hydrogen) atoms. The van der Waals surface area contributed by atoms with Crippen LogP contribution in [0.3, 0.4) is 0 Å². The SMILES string of the molecule is CC(CCn1cc(-c2ccc3c(c2)CCC3=O)cn1)(C(=O)NO)S(C)(=O)=O. The van der Waals surface area contributed by atoms with Crippen molar-refractivity contribution in [2.75, 3.05) is 6.26 Å². The molecule has 2 aromatic rings. The van der Waals surface area contributed by atoms with Gasteiger partial charge in [-0.3, -0.25) is 19.5 Å². The van der Waals surface area contributed by atoms with Crippen LogP contribution in [0.1, 0.15) is 35.7 Å². The van der Waals surface area contributed by atoms with Gasteiger partial charge in [0.05, 0.1) is 6.20 Å². The molecule has 9 heteroatoms. The Hall–Kier alpha value is -2.52. The Morgan fingerprint density at radius 2 is 2.07 bits per heavy atom. The molecule has 0 aliphatic heterocycles. The van der Waals surface area contributed by atoms with Crippen molar-refractivity contribution in [1.29, 1.82) is 0 Å². The van der Waals surface area contributed by atoms with E-state index >= 15 is 0 Å². The normalized spacial score (nSPS) is 16.0. The van der Waals surface area contributed by atoms with Crippen LogP contribution in [0.4, 0.5) is 0 Å². The first-order valence-corrected chi connectivity index (χ1v) is 10.4. The van der Waals surface area contributed by atoms with E-state index < -0.39 is 20.5 Å². The molecule has 1 unspecified atom stereocenters. The van der Waals surface area contributed by atoms with Gasteiger partial charge in [0.15, 0.2) is 20.4 Å². The van der Waals surface area contributed by atoms with E-state index in [0.29, 0.717) is 6.42 Å². The highest BCUT2D eigenvalue weighted by Crippen LogP contribution is 2.28. The average Bonchev–Trinajstić information content (AvgIpc) is 3.24. The summed E-state index contributed by atoms with van der Waals surface area (Å²) < 4.78 is 23.8. The molecule has 1 aromatic carbocycles. The van der Waals surface area contributed by atoms with Crippen LogP contribution in [0.5, 0.6) is 0 Å². The number of rotatable bonds is 6. The van der Waals surface area contributed by atoms with E-state index in [1.165, 1.54) is 12.4 Å². The number of amides is 1. The van der Waals surface area contributed by atoms with Crippen LogP contribution >= 0.6 is 0 Å². The number of carbonyl (C=O) groups is 2. The summed E-state index contributed by atoms with van der Waals surface area (Å²) >= 11 is 0. The van der Waals surface area contributed by atoms with Gasteiger partial charge in [-0.25, -0.2) is 13.9 Å². The molecule has 1 amide bonds. The van der Waals surface area contributed by atoms with Gasteiger partial charge < -0.3 is 0 Å².